The van der Waals surface area contributed by atoms with Crippen molar-refractivity contribution in [2.75, 3.05) is 24.0 Å². The van der Waals surface area contributed by atoms with Crippen LogP contribution in [0.5, 0.6) is 5.75 Å². The molecule has 11 heteroatoms. The van der Waals surface area contributed by atoms with E-state index in [0.717, 1.165) is 16.3 Å². The number of anilines is 1. The Morgan fingerprint density at radius 1 is 0.952 bits per heavy atom. The summed E-state index contributed by atoms with van der Waals surface area (Å²) in [7, 11) is -4.18. The molecule has 3 rings (SSSR count). The van der Waals surface area contributed by atoms with Gasteiger partial charge in [-0.1, -0.05) is 60.8 Å². The fourth-order valence-electron chi connectivity index (χ4n) is 4.36. The van der Waals surface area contributed by atoms with Gasteiger partial charge in [0.15, 0.2) is 0 Å². The van der Waals surface area contributed by atoms with Crippen molar-refractivity contribution in [2.24, 2.45) is 0 Å². The number of rotatable bonds is 14. The molecule has 1 unspecified atom stereocenters. The van der Waals surface area contributed by atoms with Gasteiger partial charge in [0.05, 0.1) is 17.2 Å². The second-order valence-corrected chi connectivity index (χ2v) is 12.4. The highest BCUT2D eigenvalue weighted by molar-refractivity contribution is 7.92. The van der Waals surface area contributed by atoms with E-state index in [2.05, 4.69) is 5.32 Å². The molecule has 0 fully saturated rings. The van der Waals surface area contributed by atoms with Gasteiger partial charge in [-0.25, -0.2) is 8.42 Å². The van der Waals surface area contributed by atoms with Crippen LogP contribution in [0, 0.1) is 6.92 Å². The number of aryl methyl sites for hydroxylation is 1. The summed E-state index contributed by atoms with van der Waals surface area (Å²) >= 11 is 12.5. The third-order valence-electron chi connectivity index (χ3n) is 6.61. The third-order valence-corrected chi connectivity index (χ3v) is 8.99. The van der Waals surface area contributed by atoms with Crippen LogP contribution in [0.25, 0.3) is 0 Å². The fraction of sp³-hybridized carbons (Fsp3) is 0.355. The van der Waals surface area contributed by atoms with Gasteiger partial charge in [-0.2, -0.15) is 0 Å². The summed E-state index contributed by atoms with van der Waals surface area (Å²) < 4.78 is 34.6. The smallest absolute Gasteiger partial charge is 0.264 e. The number of ether oxygens (including phenoxy) is 1. The number of halogens is 2. The summed E-state index contributed by atoms with van der Waals surface area (Å²) in [6.07, 6.45) is 1.03. The SMILES string of the molecule is CCCNC(=O)C(CC)N(Cc1ccc(Cl)cc1Cl)C(=O)CN(c1ccc(OCC)cc1)S(=O)(=O)c1ccc(C)cc1. The van der Waals surface area contributed by atoms with E-state index in [0.29, 0.717) is 40.9 Å². The molecule has 1 atom stereocenters. The Bertz CT molecular complexity index is 1460. The Balaban J connectivity index is 2.07. The van der Waals surface area contributed by atoms with Gasteiger partial charge >= 0.3 is 0 Å². The molecule has 0 saturated heterocycles. The maximum absolute atomic E-state index is 14.1. The van der Waals surface area contributed by atoms with Crippen molar-refractivity contribution in [1.29, 1.82) is 0 Å². The first-order valence-corrected chi connectivity index (χ1v) is 16.0. The number of carbonyl (C=O) groups excluding carboxylic acids is 2. The highest BCUT2D eigenvalue weighted by atomic mass is 35.5. The Morgan fingerprint density at radius 2 is 1.62 bits per heavy atom. The molecule has 0 radical (unpaired) electrons. The molecule has 0 spiro atoms. The van der Waals surface area contributed by atoms with Crippen LogP contribution in [0.2, 0.25) is 10.0 Å². The zero-order chi connectivity index (χ0) is 30.9. The lowest BCUT2D eigenvalue weighted by Gasteiger charge is -2.33. The zero-order valence-corrected chi connectivity index (χ0v) is 26.6. The molecule has 0 heterocycles. The predicted molar refractivity (Wildman–Crippen MR) is 168 cm³/mol. The van der Waals surface area contributed by atoms with Crippen molar-refractivity contribution >= 4 is 50.7 Å². The van der Waals surface area contributed by atoms with Crippen molar-refractivity contribution in [3.05, 3.63) is 87.9 Å². The number of benzene rings is 3. The average molecular weight is 635 g/mol. The van der Waals surface area contributed by atoms with E-state index < -0.39 is 28.5 Å². The average Bonchev–Trinajstić information content (AvgIpc) is 2.96. The fourth-order valence-corrected chi connectivity index (χ4v) is 6.24. The number of nitrogens with one attached hydrogen (secondary N) is 1. The molecule has 3 aromatic rings. The van der Waals surface area contributed by atoms with E-state index in [-0.39, 0.29) is 23.0 Å². The van der Waals surface area contributed by atoms with E-state index in [1.165, 1.54) is 17.0 Å². The van der Waals surface area contributed by atoms with Gasteiger partial charge in [0.1, 0.15) is 18.3 Å². The Hall–Kier alpha value is -3.27. The molecule has 42 heavy (non-hydrogen) atoms. The Kier molecular flexibility index (Phi) is 12.1. The van der Waals surface area contributed by atoms with Crippen molar-refractivity contribution in [1.82, 2.24) is 10.2 Å². The van der Waals surface area contributed by atoms with E-state index in [9.17, 15) is 18.0 Å². The maximum Gasteiger partial charge on any atom is 0.264 e. The van der Waals surface area contributed by atoms with Crippen LogP contribution in [0.4, 0.5) is 5.69 Å². The number of sulfonamides is 1. The monoisotopic (exact) mass is 633 g/mol. The van der Waals surface area contributed by atoms with Crippen molar-refractivity contribution in [3.8, 4) is 5.75 Å². The minimum atomic E-state index is -4.18. The molecule has 1 N–H and O–H groups in total. The second kappa shape index (κ2) is 15.3. The Morgan fingerprint density at radius 3 is 2.19 bits per heavy atom. The van der Waals surface area contributed by atoms with Crippen molar-refractivity contribution in [2.45, 2.75) is 58.0 Å². The summed E-state index contributed by atoms with van der Waals surface area (Å²) in [5, 5.41) is 3.62. The lowest BCUT2D eigenvalue weighted by atomic mass is 10.1. The van der Waals surface area contributed by atoms with Crippen LogP contribution in [0.3, 0.4) is 0 Å². The molecule has 0 aliphatic rings. The van der Waals surface area contributed by atoms with Crippen LogP contribution < -0.4 is 14.4 Å². The van der Waals surface area contributed by atoms with E-state index in [4.69, 9.17) is 27.9 Å². The lowest BCUT2D eigenvalue weighted by molar-refractivity contribution is -0.140. The molecule has 0 aliphatic heterocycles. The van der Waals surface area contributed by atoms with Crippen molar-refractivity contribution in [3.63, 3.8) is 0 Å². The third kappa shape index (κ3) is 8.40. The lowest BCUT2D eigenvalue weighted by Crippen LogP contribution is -2.52. The first-order chi connectivity index (χ1) is 20.0. The van der Waals surface area contributed by atoms with Gasteiger partial charge in [0.25, 0.3) is 10.0 Å². The van der Waals surface area contributed by atoms with E-state index in [1.54, 1.807) is 61.5 Å². The minimum absolute atomic E-state index is 0.0193. The first kappa shape index (κ1) is 33.2. The zero-order valence-electron chi connectivity index (χ0n) is 24.3. The molecule has 2 amide bonds. The number of hydrogen-bond acceptors (Lipinski definition) is 5. The molecule has 226 valence electrons. The van der Waals surface area contributed by atoms with Gasteiger partial charge < -0.3 is 15.0 Å². The molecule has 0 aromatic heterocycles. The molecule has 3 aromatic carbocycles. The van der Waals surface area contributed by atoms with Gasteiger partial charge in [-0.05, 0) is 80.8 Å². The van der Waals surface area contributed by atoms with Gasteiger partial charge in [0.2, 0.25) is 11.8 Å². The van der Waals surface area contributed by atoms with Crippen molar-refractivity contribution < 1.29 is 22.7 Å². The molecule has 0 aliphatic carbocycles. The minimum Gasteiger partial charge on any atom is -0.494 e. The molecule has 0 bridgehead atoms. The van der Waals surface area contributed by atoms with Crippen LogP contribution in [0.15, 0.2) is 71.6 Å². The molecular formula is C31H37Cl2N3O5S. The number of carbonyl (C=O) groups is 2. The second-order valence-electron chi connectivity index (χ2n) is 9.72. The van der Waals surface area contributed by atoms with Gasteiger partial charge in [-0.3, -0.25) is 13.9 Å². The molecular weight excluding hydrogens is 597 g/mol. The number of nitrogens with zero attached hydrogens (tertiary/aromatic N) is 2. The summed E-state index contributed by atoms with van der Waals surface area (Å²) in [5.41, 5.74) is 1.75. The summed E-state index contributed by atoms with van der Waals surface area (Å²) in [4.78, 5) is 28.8. The van der Waals surface area contributed by atoms with E-state index >= 15 is 0 Å². The predicted octanol–water partition coefficient (Wildman–Crippen LogP) is 6.23. The molecule has 8 nitrogen and oxygen atoms in total. The summed E-state index contributed by atoms with van der Waals surface area (Å²) in [6.45, 7) is 7.77. The normalized spacial score (nSPS) is 12.0. The Labute approximate surface area is 258 Å². The van der Waals surface area contributed by atoms with Crippen LogP contribution in [-0.4, -0.2) is 50.9 Å². The highest BCUT2D eigenvalue weighted by Crippen LogP contribution is 2.28. The van der Waals surface area contributed by atoms with Crippen LogP contribution in [0.1, 0.15) is 44.7 Å². The maximum atomic E-state index is 14.1. The van der Waals surface area contributed by atoms with Gasteiger partial charge in [-0.15, -0.1) is 0 Å². The summed E-state index contributed by atoms with van der Waals surface area (Å²) in [5.74, 6) is -0.325. The topological polar surface area (TPSA) is 96.0 Å². The highest BCUT2D eigenvalue weighted by Gasteiger charge is 2.34. The van der Waals surface area contributed by atoms with Crippen LogP contribution in [-0.2, 0) is 26.2 Å². The number of hydrogen-bond donors (Lipinski definition) is 1. The number of amides is 2. The van der Waals surface area contributed by atoms with Crippen LogP contribution >= 0.6 is 23.2 Å². The standard InChI is InChI=1S/C31H37Cl2N3O5S/c1-5-18-34-31(38)29(6-2)35(20-23-10-11-24(32)19-28(23)33)30(37)21-36(25-12-14-26(15-13-25)41-7-3)42(39,40)27-16-8-22(4)9-17-27/h8-17,19,29H,5-7,18,20-21H2,1-4H3,(H,34,38). The largest absolute Gasteiger partial charge is 0.494 e. The quantitative estimate of drug-likeness (QED) is 0.227. The summed E-state index contributed by atoms with van der Waals surface area (Å²) in [6, 6.07) is 16.9. The van der Waals surface area contributed by atoms with E-state index in [1.807, 2.05) is 20.8 Å². The first-order valence-electron chi connectivity index (χ1n) is 13.8. The van der Waals surface area contributed by atoms with Gasteiger partial charge in [0, 0.05) is 23.1 Å². The molecule has 0 saturated carbocycles.